The summed E-state index contributed by atoms with van der Waals surface area (Å²) in [6, 6.07) is 9.43. The average molecular weight is 215 g/mol. The number of benzene rings is 1. The molecule has 0 aliphatic heterocycles. The van der Waals surface area contributed by atoms with E-state index in [0.29, 0.717) is 0 Å². The fraction of sp³-hybridized carbons (Fsp3) is 0.417. The first kappa shape index (κ1) is 14.7. The quantitative estimate of drug-likeness (QED) is 0.783. The number of rotatable bonds is 4. The SMILES string of the molecule is CCC(C)C(C(=O)O)c1ccccc1.[Na]. The van der Waals surface area contributed by atoms with Gasteiger partial charge in [-0.3, -0.25) is 4.79 Å². The predicted octanol–water partition coefficient (Wildman–Crippen LogP) is 2.52. The first-order chi connectivity index (χ1) is 6.66. The van der Waals surface area contributed by atoms with Crippen LogP contribution in [0, 0.1) is 5.92 Å². The van der Waals surface area contributed by atoms with Crippen LogP contribution in [0.5, 0.6) is 0 Å². The van der Waals surface area contributed by atoms with E-state index >= 15 is 0 Å². The third kappa shape index (κ3) is 3.98. The normalized spacial score (nSPS) is 13.7. The first-order valence-corrected chi connectivity index (χ1v) is 4.94. The van der Waals surface area contributed by atoms with E-state index in [1.165, 1.54) is 0 Å². The molecule has 0 heterocycles. The third-order valence-corrected chi connectivity index (χ3v) is 2.64. The number of carbonyl (C=O) groups is 1. The second-order valence-corrected chi connectivity index (χ2v) is 3.61. The van der Waals surface area contributed by atoms with Crippen LogP contribution >= 0.6 is 0 Å². The molecule has 1 aromatic rings. The fourth-order valence-electron chi connectivity index (χ4n) is 1.61. The van der Waals surface area contributed by atoms with Crippen LogP contribution in [-0.2, 0) is 4.79 Å². The maximum absolute atomic E-state index is 11.1. The second kappa shape index (κ2) is 7.04. The summed E-state index contributed by atoms with van der Waals surface area (Å²) in [5.74, 6) is -0.929. The van der Waals surface area contributed by atoms with Crippen molar-refractivity contribution in [1.29, 1.82) is 0 Å². The third-order valence-electron chi connectivity index (χ3n) is 2.64. The molecule has 0 fully saturated rings. The molecule has 1 N–H and O–H groups in total. The van der Waals surface area contributed by atoms with Gasteiger partial charge in [0.1, 0.15) is 0 Å². The van der Waals surface area contributed by atoms with Crippen molar-refractivity contribution in [2.24, 2.45) is 5.92 Å². The Morgan fingerprint density at radius 3 is 2.27 bits per heavy atom. The molecule has 77 valence electrons. The molecule has 2 atom stereocenters. The van der Waals surface area contributed by atoms with E-state index in [1.54, 1.807) is 0 Å². The van der Waals surface area contributed by atoms with E-state index in [9.17, 15) is 4.79 Å². The first-order valence-electron chi connectivity index (χ1n) is 4.94. The fourth-order valence-corrected chi connectivity index (χ4v) is 1.61. The van der Waals surface area contributed by atoms with Crippen molar-refractivity contribution in [2.75, 3.05) is 0 Å². The topological polar surface area (TPSA) is 37.3 Å². The summed E-state index contributed by atoms with van der Waals surface area (Å²) in [4.78, 5) is 11.1. The molecule has 0 saturated heterocycles. The Kier molecular flexibility index (Phi) is 6.90. The Balaban J connectivity index is 0.00000196. The van der Waals surface area contributed by atoms with Gasteiger partial charge in [0.2, 0.25) is 0 Å². The van der Waals surface area contributed by atoms with Crippen molar-refractivity contribution in [2.45, 2.75) is 26.2 Å². The Morgan fingerprint density at radius 2 is 1.87 bits per heavy atom. The van der Waals surface area contributed by atoms with Gasteiger partial charge in [-0.15, -0.1) is 0 Å². The van der Waals surface area contributed by atoms with Crippen LogP contribution in [0.2, 0.25) is 0 Å². The van der Waals surface area contributed by atoms with E-state index in [1.807, 2.05) is 44.2 Å². The zero-order chi connectivity index (χ0) is 10.6. The molecule has 0 spiro atoms. The largest absolute Gasteiger partial charge is 0.481 e. The van der Waals surface area contributed by atoms with Crippen LogP contribution in [0.4, 0.5) is 0 Å². The maximum Gasteiger partial charge on any atom is 0.311 e. The molecular formula is C12H16NaO2. The van der Waals surface area contributed by atoms with Gasteiger partial charge in [-0.1, -0.05) is 50.6 Å². The van der Waals surface area contributed by atoms with Crippen LogP contribution in [0.25, 0.3) is 0 Å². The van der Waals surface area contributed by atoms with E-state index in [2.05, 4.69) is 0 Å². The smallest absolute Gasteiger partial charge is 0.311 e. The van der Waals surface area contributed by atoms with Crippen LogP contribution in [-0.4, -0.2) is 40.6 Å². The van der Waals surface area contributed by atoms with Crippen LogP contribution in [0.15, 0.2) is 30.3 Å². The number of aliphatic carboxylic acids is 1. The minimum Gasteiger partial charge on any atom is -0.481 e. The monoisotopic (exact) mass is 215 g/mol. The van der Waals surface area contributed by atoms with Gasteiger partial charge in [0.25, 0.3) is 0 Å². The molecule has 0 aliphatic carbocycles. The molecule has 0 aromatic heterocycles. The molecule has 1 rings (SSSR count). The summed E-state index contributed by atoms with van der Waals surface area (Å²) in [5, 5.41) is 9.13. The molecule has 0 amide bonds. The minimum absolute atomic E-state index is 0. The summed E-state index contributed by atoms with van der Waals surface area (Å²) in [6.45, 7) is 4.00. The van der Waals surface area contributed by atoms with Crippen LogP contribution in [0.1, 0.15) is 31.7 Å². The van der Waals surface area contributed by atoms with E-state index in [-0.39, 0.29) is 41.4 Å². The van der Waals surface area contributed by atoms with Gasteiger partial charge in [-0.05, 0) is 11.5 Å². The molecule has 0 bridgehead atoms. The standard InChI is InChI=1S/C12H16O2.Na/c1-3-9(2)11(12(13)14)10-7-5-4-6-8-10;/h4-9,11H,3H2,1-2H3,(H,13,14);. The maximum atomic E-state index is 11.1. The Morgan fingerprint density at radius 1 is 1.33 bits per heavy atom. The van der Waals surface area contributed by atoms with Crippen molar-refractivity contribution in [3.8, 4) is 0 Å². The number of carboxylic acid groups (broad SMARTS) is 1. The molecule has 2 nitrogen and oxygen atoms in total. The summed E-state index contributed by atoms with van der Waals surface area (Å²) in [5.41, 5.74) is 0.898. The molecule has 15 heavy (non-hydrogen) atoms. The Labute approximate surface area is 113 Å². The zero-order valence-corrected chi connectivity index (χ0v) is 11.6. The van der Waals surface area contributed by atoms with Crippen molar-refractivity contribution < 1.29 is 9.90 Å². The van der Waals surface area contributed by atoms with E-state index in [0.717, 1.165) is 12.0 Å². The van der Waals surface area contributed by atoms with Gasteiger partial charge in [-0.2, -0.15) is 0 Å². The summed E-state index contributed by atoms with van der Waals surface area (Å²) < 4.78 is 0. The van der Waals surface area contributed by atoms with Gasteiger partial charge in [0.05, 0.1) is 5.92 Å². The summed E-state index contributed by atoms with van der Waals surface area (Å²) in [7, 11) is 0. The number of carboxylic acids is 1. The van der Waals surface area contributed by atoms with Crippen LogP contribution in [0.3, 0.4) is 0 Å². The molecule has 1 aromatic carbocycles. The summed E-state index contributed by atoms with van der Waals surface area (Å²) in [6.07, 6.45) is 0.881. The van der Waals surface area contributed by atoms with Gasteiger partial charge >= 0.3 is 5.97 Å². The Bertz CT molecular complexity index is 298. The van der Waals surface area contributed by atoms with Gasteiger partial charge in [0.15, 0.2) is 0 Å². The van der Waals surface area contributed by atoms with Crippen molar-refractivity contribution in [1.82, 2.24) is 0 Å². The zero-order valence-electron chi connectivity index (χ0n) is 9.60. The Hall–Kier alpha value is -0.310. The van der Waals surface area contributed by atoms with Crippen molar-refractivity contribution in [3.05, 3.63) is 35.9 Å². The molecule has 1 radical (unpaired) electrons. The summed E-state index contributed by atoms with van der Waals surface area (Å²) >= 11 is 0. The average Bonchev–Trinajstić information content (AvgIpc) is 2.19. The molecule has 0 aliphatic rings. The van der Waals surface area contributed by atoms with Crippen molar-refractivity contribution >= 4 is 35.5 Å². The van der Waals surface area contributed by atoms with Gasteiger partial charge in [0, 0.05) is 29.6 Å². The minimum atomic E-state index is -0.731. The van der Waals surface area contributed by atoms with Crippen molar-refractivity contribution in [3.63, 3.8) is 0 Å². The number of hydrogen-bond acceptors (Lipinski definition) is 1. The number of hydrogen-bond donors (Lipinski definition) is 1. The molecule has 2 unspecified atom stereocenters. The predicted molar refractivity (Wildman–Crippen MR) is 62.0 cm³/mol. The van der Waals surface area contributed by atoms with E-state index < -0.39 is 5.97 Å². The second-order valence-electron chi connectivity index (χ2n) is 3.61. The van der Waals surface area contributed by atoms with E-state index in [4.69, 9.17) is 5.11 Å². The van der Waals surface area contributed by atoms with Crippen LogP contribution < -0.4 is 0 Å². The molecule has 3 heteroatoms. The van der Waals surface area contributed by atoms with Gasteiger partial charge < -0.3 is 5.11 Å². The van der Waals surface area contributed by atoms with Gasteiger partial charge in [-0.25, -0.2) is 0 Å². The molecular weight excluding hydrogens is 199 g/mol. The molecule has 0 saturated carbocycles.